The van der Waals surface area contributed by atoms with Crippen LogP contribution in [-0.4, -0.2) is 34.9 Å². The van der Waals surface area contributed by atoms with E-state index in [1.165, 1.54) is 0 Å². The number of aromatic amines is 1. The van der Waals surface area contributed by atoms with Gasteiger partial charge in [-0.25, -0.2) is 0 Å². The molecule has 2 aromatic rings. The van der Waals surface area contributed by atoms with E-state index in [-0.39, 0.29) is 0 Å². The third-order valence-corrected chi connectivity index (χ3v) is 8.66. The van der Waals surface area contributed by atoms with Gasteiger partial charge in [-0.15, -0.1) is 0 Å². The molecule has 0 saturated heterocycles. The molecule has 0 bridgehead atoms. The molecule has 152 valence electrons. The van der Waals surface area contributed by atoms with Crippen molar-refractivity contribution < 1.29 is 28.7 Å². The molecule has 5 N–H and O–H groups in total. The number of H-pyrrole nitrogens is 1. The van der Waals surface area contributed by atoms with Gasteiger partial charge in [0.1, 0.15) is 0 Å². The molecule has 27 heavy (non-hydrogen) atoms. The van der Waals surface area contributed by atoms with Crippen molar-refractivity contribution in [1.82, 2.24) is 9.97 Å². The molecule has 0 aliphatic rings. The Morgan fingerprint density at radius 1 is 0.852 bits per heavy atom. The number of fused-ring (bicyclic) bond motifs is 1. The molecule has 0 atom stereocenters. The van der Waals surface area contributed by atoms with Crippen molar-refractivity contribution in [3.63, 3.8) is 0 Å². The van der Waals surface area contributed by atoms with Gasteiger partial charge in [0.05, 0.1) is 11.2 Å². The Kier molecular flexibility index (Phi) is 6.73. The topological polar surface area (TPSA) is 144 Å². The Balaban J connectivity index is 2.83. The van der Waals surface area contributed by atoms with E-state index in [4.69, 9.17) is 4.98 Å². The Hall–Kier alpha value is -1.01. The number of aryl methyl sites for hydroxylation is 4. The van der Waals surface area contributed by atoms with Crippen molar-refractivity contribution in [3.05, 3.63) is 28.2 Å². The summed E-state index contributed by atoms with van der Waals surface area (Å²) in [5.41, 5.74) is 4.93. The molecule has 0 unspecified atom stereocenters. The summed E-state index contributed by atoms with van der Waals surface area (Å²) in [4.78, 5) is 46.3. The highest BCUT2D eigenvalue weighted by molar-refractivity contribution is 7.70. The minimum Gasteiger partial charge on any atom is -0.358 e. The summed E-state index contributed by atoms with van der Waals surface area (Å²) in [5, 5.41) is -1.31. The van der Waals surface area contributed by atoms with Crippen LogP contribution in [0.4, 0.5) is 0 Å². The highest BCUT2D eigenvalue weighted by atomic mass is 31.2. The van der Waals surface area contributed by atoms with Gasteiger partial charge in [-0.1, -0.05) is 27.7 Å². The average Bonchev–Trinajstić information content (AvgIpc) is 2.94. The zero-order valence-electron chi connectivity index (χ0n) is 16.1. The first-order valence-corrected chi connectivity index (χ1v) is 12.5. The third-order valence-electron chi connectivity index (χ3n) is 4.94. The lowest BCUT2D eigenvalue weighted by atomic mass is 9.99. The SMILES string of the molecule is CCc1nc(CC)c2c(CC(P(=O)(O)O)P(=O)(O)O)c(CC)[nH]c2c1CC. The van der Waals surface area contributed by atoms with Gasteiger partial charge in [0.25, 0.3) is 0 Å². The normalized spacial score (nSPS) is 13.1. The average molecular weight is 418 g/mol. The van der Waals surface area contributed by atoms with E-state index in [1.807, 2.05) is 27.7 Å². The van der Waals surface area contributed by atoms with Crippen LogP contribution in [0, 0.1) is 0 Å². The van der Waals surface area contributed by atoms with Gasteiger partial charge in [0, 0.05) is 23.2 Å². The minimum absolute atomic E-state index is 0.402. The predicted molar refractivity (Wildman–Crippen MR) is 105 cm³/mol. The minimum atomic E-state index is -5.00. The molecule has 0 aliphatic heterocycles. The lowest BCUT2D eigenvalue weighted by molar-refractivity contribution is 0.338. The van der Waals surface area contributed by atoms with Gasteiger partial charge in [0.15, 0.2) is 5.40 Å². The van der Waals surface area contributed by atoms with Crippen molar-refractivity contribution in [2.45, 2.75) is 65.2 Å². The lowest BCUT2D eigenvalue weighted by Crippen LogP contribution is -2.14. The highest BCUT2D eigenvalue weighted by Gasteiger charge is 2.44. The molecule has 0 radical (unpaired) electrons. The van der Waals surface area contributed by atoms with Gasteiger partial charge in [0.2, 0.25) is 0 Å². The molecule has 2 heterocycles. The first-order valence-electron chi connectivity index (χ1n) is 9.13. The van der Waals surface area contributed by atoms with Crippen LogP contribution in [0.1, 0.15) is 55.9 Å². The summed E-state index contributed by atoms with van der Waals surface area (Å²) in [6, 6.07) is 0. The summed E-state index contributed by atoms with van der Waals surface area (Å²) in [7, 11) is -10.0. The first-order chi connectivity index (χ1) is 12.5. The number of nitrogens with one attached hydrogen (secondary N) is 1. The van der Waals surface area contributed by atoms with Crippen molar-refractivity contribution >= 4 is 26.1 Å². The Morgan fingerprint density at radius 3 is 1.81 bits per heavy atom. The number of rotatable bonds is 8. The molecular formula is C17H28N2O6P2. The monoisotopic (exact) mass is 418 g/mol. The standard InChI is InChI=1S/C17H28N2O6P2/c1-5-10-12(6-2)18-14(8-4)16-11(13(7-3)19-17(10)16)9-15(26(20,21)22)27(23,24)25/h15,19H,5-9H2,1-4H3,(H2,20,21,22)(H2,23,24,25). The number of nitrogens with zero attached hydrogens (tertiary/aromatic N) is 1. The van der Waals surface area contributed by atoms with Crippen molar-refractivity contribution in [2.75, 3.05) is 0 Å². The van der Waals surface area contributed by atoms with Crippen LogP contribution in [0.3, 0.4) is 0 Å². The van der Waals surface area contributed by atoms with Crippen LogP contribution in [0.5, 0.6) is 0 Å². The van der Waals surface area contributed by atoms with Crippen LogP contribution in [0.15, 0.2) is 0 Å². The number of pyridine rings is 1. The van der Waals surface area contributed by atoms with Crippen molar-refractivity contribution in [1.29, 1.82) is 0 Å². The molecule has 0 aliphatic carbocycles. The summed E-state index contributed by atoms with van der Waals surface area (Å²) < 4.78 is 23.6. The fraction of sp³-hybridized carbons (Fsp3) is 0.588. The van der Waals surface area contributed by atoms with Crippen LogP contribution >= 0.6 is 15.2 Å². The quantitative estimate of drug-likeness (QED) is 0.415. The van der Waals surface area contributed by atoms with Gasteiger partial charge >= 0.3 is 15.2 Å². The Bertz CT molecular complexity index is 905. The maximum atomic E-state index is 11.8. The second-order valence-electron chi connectivity index (χ2n) is 6.59. The number of hydrogen-bond donors (Lipinski definition) is 5. The molecular weight excluding hydrogens is 390 g/mol. The maximum absolute atomic E-state index is 11.8. The Labute approximate surface area is 158 Å². The van der Waals surface area contributed by atoms with Gasteiger partial charge < -0.3 is 24.6 Å². The van der Waals surface area contributed by atoms with E-state index < -0.39 is 27.0 Å². The van der Waals surface area contributed by atoms with Crippen LogP contribution < -0.4 is 0 Å². The van der Waals surface area contributed by atoms with E-state index in [0.717, 1.165) is 46.4 Å². The second kappa shape index (κ2) is 8.16. The van der Waals surface area contributed by atoms with Gasteiger partial charge in [-0.2, -0.15) is 0 Å². The Morgan fingerprint density at radius 2 is 1.41 bits per heavy atom. The molecule has 2 aromatic heterocycles. The summed E-state index contributed by atoms with van der Waals surface area (Å²) in [6.07, 6.45) is 2.25. The van der Waals surface area contributed by atoms with E-state index in [1.54, 1.807) is 0 Å². The van der Waals surface area contributed by atoms with Crippen molar-refractivity contribution in [2.24, 2.45) is 0 Å². The molecule has 0 spiro atoms. The maximum Gasteiger partial charge on any atom is 0.341 e. The lowest BCUT2D eigenvalue weighted by Gasteiger charge is -2.20. The van der Waals surface area contributed by atoms with Gasteiger partial charge in [-0.05, 0) is 36.8 Å². The smallest absolute Gasteiger partial charge is 0.341 e. The highest BCUT2D eigenvalue weighted by Crippen LogP contribution is 2.61. The van der Waals surface area contributed by atoms with Crippen LogP contribution in [0.25, 0.3) is 10.9 Å². The van der Waals surface area contributed by atoms with E-state index >= 15 is 0 Å². The second-order valence-corrected chi connectivity index (χ2v) is 10.6. The molecule has 2 rings (SSSR count). The largest absolute Gasteiger partial charge is 0.358 e. The zero-order valence-corrected chi connectivity index (χ0v) is 17.8. The van der Waals surface area contributed by atoms with Gasteiger partial charge in [-0.3, -0.25) is 14.1 Å². The molecule has 8 nitrogen and oxygen atoms in total. The fourth-order valence-corrected chi connectivity index (χ4v) is 6.05. The number of hydrogen-bond acceptors (Lipinski definition) is 3. The third kappa shape index (κ3) is 4.37. The molecule has 0 saturated carbocycles. The first kappa shape index (κ1) is 22.3. The zero-order chi connectivity index (χ0) is 20.6. The summed E-state index contributed by atoms with van der Waals surface area (Å²) in [6.45, 7) is 7.87. The fourth-order valence-electron chi connectivity index (χ4n) is 3.64. The molecule has 0 aromatic carbocycles. The molecule has 10 heteroatoms. The predicted octanol–water partition coefficient (Wildman–Crippen LogP) is 3.04. The molecule has 0 amide bonds. The summed E-state index contributed by atoms with van der Waals surface area (Å²) in [5.74, 6) is 0. The van der Waals surface area contributed by atoms with E-state index in [2.05, 4.69) is 4.98 Å². The molecule has 0 fully saturated rings. The van der Waals surface area contributed by atoms with E-state index in [0.29, 0.717) is 18.4 Å². The van der Waals surface area contributed by atoms with Crippen molar-refractivity contribution in [3.8, 4) is 0 Å². The van der Waals surface area contributed by atoms with Crippen LogP contribution in [-0.2, 0) is 41.2 Å². The van der Waals surface area contributed by atoms with Crippen LogP contribution in [0.2, 0.25) is 0 Å². The summed E-state index contributed by atoms with van der Waals surface area (Å²) >= 11 is 0. The number of aromatic nitrogens is 2. The van der Waals surface area contributed by atoms with E-state index in [9.17, 15) is 28.7 Å².